The van der Waals surface area contributed by atoms with E-state index in [0.29, 0.717) is 17.7 Å². The Morgan fingerprint density at radius 2 is 1.93 bits per heavy atom. The summed E-state index contributed by atoms with van der Waals surface area (Å²) in [5.74, 6) is -1.19. The molecule has 29 heavy (non-hydrogen) atoms. The van der Waals surface area contributed by atoms with E-state index < -0.39 is 35.8 Å². The predicted octanol–water partition coefficient (Wildman–Crippen LogP) is 1.65. The molecule has 1 fully saturated rings. The molecule has 1 aliphatic heterocycles. The predicted molar refractivity (Wildman–Crippen MR) is 107 cm³/mol. The lowest BCUT2D eigenvalue weighted by Crippen LogP contribution is -2.44. The number of urea groups is 1. The SMILES string of the molecule is CCC1(c2ccc(OC)cc2)NC(=O)N(CC(=O)Nc2sccc2C(N)=O)C1=O. The molecule has 0 bridgehead atoms. The number of carbonyl (C=O) groups is 4. The van der Waals surface area contributed by atoms with Crippen LogP contribution >= 0.6 is 11.3 Å². The highest BCUT2D eigenvalue weighted by Gasteiger charge is 2.51. The Kier molecular flexibility index (Phi) is 5.55. The quantitative estimate of drug-likeness (QED) is 0.591. The Bertz CT molecular complexity index is 971. The average Bonchev–Trinajstić information content (AvgIpc) is 3.26. The topological polar surface area (TPSA) is 131 Å². The smallest absolute Gasteiger partial charge is 0.325 e. The molecular weight excluding hydrogens is 396 g/mol. The molecule has 0 spiro atoms. The van der Waals surface area contributed by atoms with Crippen LogP contribution in [-0.4, -0.2) is 42.3 Å². The van der Waals surface area contributed by atoms with Gasteiger partial charge in [-0.1, -0.05) is 19.1 Å². The van der Waals surface area contributed by atoms with Gasteiger partial charge in [-0.25, -0.2) is 4.79 Å². The number of rotatable bonds is 7. The third-order valence-electron chi connectivity index (χ3n) is 4.77. The first-order chi connectivity index (χ1) is 13.8. The van der Waals surface area contributed by atoms with Crippen LogP contribution < -0.4 is 21.1 Å². The van der Waals surface area contributed by atoms with Crippen molar-refractivity contribution in [1.29, 1.82) is 0 Å². The number of benzene rings is 1. The van der Waals surface area contributed by atoms with E-state index in [0.717, 1.165) is 16.2 Å². The van der Waals surface area contributed by atoms with Crippen LogP contribution in [-0.2, 0) is 15.1 Å². The van der Waals surface area contributed by atoms with Crippen molar-refractivity contribution in [3.63, 3.8) is 0 Å². The van der Waals surface area contributed by atoms with Gasteiger partial charge >= 0.3 is 6.03 Å². The van der Waals surface area contributed by atoms with Crippen molar-refractivity contribution in [2.75, 3.05) is 19.0 Å². The Labute approximate surface area is 170 Å². The minimum atomic E-state index is -1.26. The molecule has 2 heterocycles. The summed E-state index contributed by atoms with van der Waals surface area (Å²) in [6.07, 6.45) is 0.304. The molecule has 1 aliphatic rings. The molecule has 2 aromatic rings. The zero-order chi connectivity index (χ0) is 21.2. The van der Waals surface area contributed by atoms with Gasteiger partial charge in [-0.3, -0.25) is 19.3 Å². The van der Waals surface area contributed by atoms with Gasteiger partial charge in [-0.05, 0) is 35.6 Å². The molecular formula is C19H20N4O5S. The first-order valence-electron chi connectivity index (χ1n) is 8.78. The van der Waals surface area contributed by atoms with Crippen LogP contribution in [0.4, 0.5) is 9.80 Å². The van der Waals surface area contributed by atoms with Crippen LogP contribution in [0.2, 0.25) is 0 Å². The number of primary amides is 1. The molecule has 9 nitrogen and oxygen atoms in total. The molecule has 0 aliphatic carbocycles. The number of carbonyl (C=O) groups excluding carboxylic acids is 4. The van der Waals surface area contributed by atoms with Crippen LogP contribution in [0.15, 0.2) is 35.7 Å². The van der Waals surface area contributed by atoms with Crippen molar-refractivity contribution in [3.8, 4) is 5.75 Å². The molecule has 1 unspecified atom stereocenters. The molecule has 0 saturated carbocycles. The van der Waals surface area contributed by atoms with E-state index >= 15 is 0 Å². The molecule has 1 aromatic heterocycles. The molecule has 5 amide bonds. The minimum Gasteiger partial charge on any atom is -0.497 e. The Balaban J connectivity index is 1.79. The van der Waals surface area contributed by atoms with Crippen molar-refractivity contribution in [3.05, 3.63) is 46.8 Å². The van der Waals surface area contributed by atoms with Gasteiger partial charge in [0.25, 0.3) is 11.8 Å². The number of anilines is 1. The molecule has 1 aromatic carbocycles. The van der Waals surface area contributed by atoms with Crippen molar-refractivity contribution >= 4 is 40.1 Å². The molecule has 1 saturated heterocycles. The zero-order valence-electron chi connectivity index (χ0n) is 15.9. The zero-order valence-corrected chi connectivity index (χ0v) is 16.7. The van der Waals surface area contributed by atoms with E-state index in [1.165, 1.54) is 13.2 Å². The van der Waals surface area contributed by atoms with E-state index in [1.807, 2.05) is 0 Å². The molecule has 3 rings (SSSR count). The van der Waals surface area contributed by atoms with Gasteiger partial charge in [-0.2, -0.15) is 0 Å². The van der Waals surface area contributed by atoms with Crippen LogP contribution in [0.3, 0.4) is 0 Å². The highest BCUT2D eigenvalue weighted by molar-refractivity contribution is 7.14. The maximum absolute atomic E-state index is 13.1. The summed E-state index contributed by atoms with van der Waals surface area (Å²) in [6.45, 7) is 1.29. The van der Waals surface area contributed by atoms with Gasteiger partial charge in [0.2, 0.25) is 5.91 Å². The van der Waals surface area contributed by atoms with Crippen molar-refractivity contribution < 1.29 is 23.9 Å². The largest absolute Gasteiger partial charge is 0.497 e. The summed E-state index contributed by atoms with van der Waals surface area (Å²) in [6, 6.07) is 7.63. The van der Waals surface area contributed by atoms with E-state index in [9.17, 15) is 19.2 Å². The fourth-order valence-electron chi connectivity index (χ4n) is 3.19. The first kappa shape index (κ1) is 20.3. The number of thiophene rings is 1. The summed E-state index contributed by atoms with van der Waals surface area (Å²) in [5.41, 5.74) is 4.76. The normalized spacial score (nSPS) is 18.5. The number of amides is 5. The highest BCUT2D eigenvalue weighted by atomic mass is 32.1. The lowest BCUT2D eigenvalue weighted by molar-refractivity contribution is -0.134. The van der Waals surface area contributed by atoms with Crippen LogP contribution in [0.5, 0.6) is 5.75 Å². The maximum Gasteiger partial charge on any atom is 0.325 e. The Hall–Kier alpha value is -3.40. The number of hydrogen-bond acceptors (Lipinski definition) is 6. The standard InChI is InChI=1S/C19H20N4O5S/c1-3-19(11-4-6-12(28-2)7-5-11)17(26)23(18(27)22-19)10-14(24)21-16-13(15(20)25)8-9-29-16/h4-9H,3,10H2,1-2H3,(H2,20,25)(H,21,24)(H,22,27). The van der Waals surface area contributed by atoms with Gasteiger partial charge in [0.15, 0.2) is 0 Å². The second kappa shape index (κ2) is 7.92. The van der Waals surface area contributed by atoms with Crippen molar-refractivity contribution in [2.24, 2.45) is 5.73 Å². The van der Waals surface area contributed by atoms with E-state index in [1.54, 1.807) is 36.6 Å². The molecule has 0 radical (unpaired) electrons. The molecule has 152 valence electrons. The number of methoxy groups -OCH3 is 1. The number of ether oxygens (including phenoxy) is 1. The second-order valence-corrected chi connectivity index (χ2v) is 7.30. The fraction of sp³-hybridized carbons (Fsp3) is 0.263. The van der Waals surface area contributed by atoms with Gasteiger partial charge < -0.3 is 21.1 Å². The van der Waals surface area contributed by atoms with Crippen molar-refractivity contribution in [2.45, 2.75) is 18.9 Å². The van der Waals surface area contributed by atoms with Crippen LogP contribution in [0, 0.1) is 0 Å². The number of hydrogen-bond donors (Lipinski definition) is 3. The van der Waals surface area contributed by atoms with Gasteiger partial charge in [0.1, 0.15) is 22.8 Å². The number of nitrogens with two attached hydrogens (primary N) is 1. The number of imide groups is 1. The number of nitrogens with one attached hydrogen (secondary N) is 2. The third kappa shape index (κ3) is 3.66. The summed E-state index contributed by atoms with van der Waals surface area (Å²) in [4.78, 5) is 50.2. The average molecular weight is 416 g/mol. The summed E-state index contributed by atoms with van der Waals surface area (Å²) in [5, 5.41) is 7.11. The molecule has 1 atom stereocenters. The Morgan fingerprint density at radius 1 is 1.24 bits per heavy atom. The highest BCUT2D eigenvalue weighted by Crippen LogP contribution is 2.33. The first-order valence-corrected chi connectivity index (χ1v) is 9.66. The maximum atomic E-state index is 13.1. The van der Waals surface area contributed by atoms with Crippen LogP contribution in [0.25, 0.3) is 0 Å². The summed E-state index contributed by atoms with van der Waals surface area (Å²) < 4.78 is 5.13. The fourth-order valence-corrected chi connectivity index (χ4v) is 4.00. The summed E-state index contributed by atoms with van der Waals surface area (Å²) >= 11 is 1.12. The summed E-state index contributed by atoms with van der Waals surface area (Å²) in [7, 11) is 1.53. The van der Waals surface area contributed by atoms with Crippen LogP contribution in [0.1, 0.15) is 29.3 Å². The van der Waals surface area contributed by atoms with Gasteiger partial charge in [0.05, 0.1) is 12.7 Å². The number of nitrogens with zero attached hydrogens (tertiary/aromatic N) is 1. The van der Waals surface area contributed by atoms with Gasteiger partial charge in [-0.15, -0.1) is 11.3 Å². The lowest BCUT2D eigenvalue weighted by atomic mass is 9.87. The second-order valence-electron chi connectivity index (χ2n) is 6.38. The van der Waals surface area contributed by atoms with Gasteiger partial charge in [0, 0.05) is 0 Å². The third-order valence-corrected chi connectivity index (χ3v) is 5.60. The minimum absolute atomic E-state index is 0.168. The Morgan fingerprint density at radius 3 is 2.52 bits per heavy atom. The van der Waals surface area contributed by atoms with E-state index in [-0.39, 0.29) is 10.6 Å². The monoisotopic (exact) mass is 416 g/mol. The molecule has 4 N–H and O–H groups in total. The lowest BCUT2D eigenvalue weighted by Gasteiger charge is -2.26. The van der Waals surface area contributed by atoms with E-state index in [4.69, 9.17) is 10.5 Å². The molecule has 10 heteroatoms. The van der Waals surface area contributed by atoms with E-state index in [2.05, 4.69) is 10.6 Å². The van der Waals surface area contributed by atoms with Crippen molar-refractivity contribution in [1.82, 2.24) is 10.2 Å².